The SMILES string of the molecule is CC(Oc1ccc2c(c1)CCCC2)C(=O)OCc1ccccc1. The summed E-state index contributed by atoms with van der Waals surface area (Å²) in [6.07, 6.45) is 4.12. The molecule has 0 heterocycles. The topological polar surface area (TPSA) is 35.5 Å². The zero-order valence-electron chi connectivity index (χ0n) is 13.5. The molecular formula is C20H22O3. The normalized spacial score (nSPS) is 14.7. The fourth-order valence-corrected chi connectivity index (χ4v) is 2.88. The minimum atomic E-state index is -0.611. The Balaban J connectivity index is 1.55. The van der Waals surface area contributed by atoms with Crippen molar-refractivity contribution < 1.29 is 14.3 Å². The number of benzene rings is 2. The van der Waals surface area contributed by atoms with Crippen LogP contribution in [0.2, 0.25) is 0 Å². The summed E-state index contributed by atoms with van der Waals surface area (Å²) in [4.78, 5) is 12.1. The van der Waals surface area contributed by atoms with Crippen LogP contribution in [0.25, 0.3) is 0 Å². The van der Waals surface area contributed by atoms with Crippen molar-refractivity contribution in [1.82, 2.24) is 0 Å². The van der Waals surface area contributed by atoms with Crippen molar-refractivity contribution in [2.75, 3.05) is 0 Å². The Morgan fingerprint density at radius 2 is 1.78 bits per heavy atom. The van der Waals surface area contributed by atoms with Crippen LogP contribution in [0, 0.1) is 0 Å². The average Bonchev–Trinajstić information content (AvgIpc) is 2.60. The second-order valence-electron chi connectivity index (χ2n) is 5.99. The molecule has 0 bridgehead atoms. The fraction of sp³-hybridized carbons (Fsp3) is 0.350. The van der Waals surface area contributed by atoms with Crippen LogP contribution in [-0.2, 0) is 29.0 Å². The van der Waals surface area contributed by atoms with Gasteiger partial charge in [0.25, 0.3) is 0 Å². The zero-order chi connectivity index (χ0) is 16.1. The Hall–Kier alpha value is -2.29. The third-order valence-corrected chi connectivity index (χ3v) is 4.19. The molecule has 2 aromatic carbocycles. The van der Waals surface area contributed by atoms with E-state index in [0.717, 1.165) is 24.2 Å². The van der Waals surface area contributed by atoms with Crippen molar-refractivity contribution in [3.63, 3.8) is 0 Å². The number of hydrogen-bond acceptors (Lipinski definition) is 3. The summed E-state index contributed by atoms with van der Waals surface area (Å²) in [6.45, 7) is 2.00. The van der Waals surface area contributed by atoms with Crippen LogP contribution in [-0.4, -0.2) is 12.1 Å². The quantitative estimate of drug-likeness (QED) is 0.781. The highest BCUT2D eigenvalue weighted by atomic mass is 16.6. The van der Waals surface area contributed by atoms with E-state index in [2.05, 4.69) is 12.1 Å². The van der Waals surface area contributed by atoms with E-state index in [-0.39, 0.29) is 12.6 Å². The van der Waals surface area contributed by atoms with Gasteiger partial charge in [-0.25, -0.2) is 4.79 Å². The van der Waals surface area contributed by atoms with E-state index in [0.29, 0.717) is 0 Å². The number of carbonyl (C=O) groups excluding carboxylic acids is 1. The first-order valence-corrected chi connectivity index (χ1v) is 8.21. The number of ether oxygens (including phenoxy) is 2. The maximum absolute atomic E-state index is 12.1. The highest BCUT2D eigenvalue weighted by molar-refractivity contribution is 5.74. The van der Waals surface area contributed by atoms with Crippen molar-refractivity contribution in [2.45, 2.75) is 45.3 Å². The number of hydrogen-bond donors (Lipinski definition) is 0. The molecule has 1 aliphatic rings. The Morgan fingerprint density at radius 1 is 1.04 bits per heavy atom. The molecular weight excluding hydrogens is 288 g/mol. The first-order valence-electron chi connectivity index (χ1n) is 8.21. The molecule has 0 saturated heterocycles. The number of aryl methyl sites for hydroxylation is 2. The van der Waals surface area contributed by atoms with Crippen molar-refractivity contribution in [1.29, 1.82) is 0 Å². The third-order valence-electron chi connectivity index (χ3n) is 4.19. The van der Waals surface area contributed by atoms with Crippen LogP contribution in [0.3, 0.4) is 0 Å². The molecule has 0 N–H and O–H groups in total. The van der Waals surface area contributed by atoms with Gasteiger partial charge in [-0.15, -0.1) is 0 Å². The van der Waals surface area contributed by atoms with E-state index in [1.807, 2.05) is 36.4 Å². The van der Waals surface area contributed by atoms with Gasteiger partial charge in [-0.1, -0.05) is 36.4 Å². The van der Waals surface area contributed by atoms with Crippen LogP contribution in [0.1, 0.15) is 36.5 Å². The summed E-state index contributed by atoms with van der Waals surface area (Å²) in [6, 6.07) is 15.8. The number of esters is 1. The van der Waals surface area contributed by atoms with E-state index in [4.69, 9.17) is 9.47 Å². The highest BCUT2D eigenvalue weighted by Gasteiger charge is 2.17. The predicted octanol–water partition coefficient (Wildman–Crippen LogP) is 4.08. The molecule has 0 fully saturated rings. The predicted molar refractivity (Wildman–Crippen MR) is 89.4 cm³/mol. The Labute approximate surface area is 137 Å². The Bertz CT molecular complexity index is 664. The fourth-order valence-electron chi connectivity index (χ4n) is 2.88. The number of carbonyl (C=O) groups is 1. The monoisotopic (exact) mass is 310 g/mol. The van der Waals surface area contributed by atoms with Crippen molar-refractivity contribution >= 4 is 5.97 Å². The van der Waals surface area contributed by atoms with E-state index in [9.17, 15) is 4.79 Å². The zero-order valence-corrected chi connectivity index (χ0v) is 13.5. The van der Waals surface area contributed by atoms with Gasteiger partial charge in [-0.2, -0.15) is 0 Å². The Morgan fingerprint density at radius 3 is 2.57 bits per heavy atom. The second kappa shape index (κ2) is 7.32. The van der Waals surface area contributed by atoms with Crippen LogP contribution < -0.4 is 4.74 Å². The lowest BCUT2D eigenvalue weighted by Crippen LogP contribution is -2.26. The molecule has 0 aromatic heterocycles. The Kier molecular flexibility index (Phi) is 4.96. The maximum Gasteiger partial charge on any atom is 0.347 e. The van der Waals surface area contributed by atoms with E-state index < -0.39 is 6.10 Å². The third kappa shape index (κ3) is 4.13. The van der Waals surface area contributed by atoms with Gasteiger partial charge < -0.3 is 9.47 Å². The van der Waals surface area contributed by atoms with Crippen LogP contribution in [0.15, 0.2) is 48.5 Å². The van der Waals surface area contributed by atoms with Gasteiger partial charge in [0.1, 0.15) is 12.4 Å². The first-order chi connectivity index (χ1) is 11.2. The summed E-state index contributed by atoms with van der Waals surface area (Å²) in [5.41, 5.74) is 3.73. The van der Waals surface area contributed by atoms with Crippen molar-refractivity contribution in [2.24, 2.45) is 0 Å². The number of rotatable bonds is 5. The average molecular weight is 310 g/mol. The minimum Gasteiger partial charge on any atom is -0.479 e. The van der Waals surface area contributed by atoms with Gasteiger partial charge in [0.2, 0.25) is 0 Å². The highest BCUT2D eigenvalue weighted by Crippen LogP contribution is 2.26. The second-order valence-corrected chi connectivity index (χ2v) is 5.99. The van der Waals surface area contributed by atoms with Crippen LogP contribution in [0.4, 0.5) is 0 Å². The van der Waals surface area contributed by atoms with Crippen molar-refractivity contribution in [3.05, 3.63) is 65.2 Å². The molecule has 0 amide bonds. The minimum absolute atomic E-state index is 0.275. The van der Waals surface area contributed by atoms with E-state index in [1.165, 1.54) is 24.0 Å². The summed E-state index contributed by atoms with van der Waals surface area (Å²) < 4.78 is 11.1. The summed E-state index contributed by atoms with van der Waals surface area (Å²) in [7, 11) is 0. The van der Waals surface area contributed by atoms with E-state index >= 15 is 0 Å². The summed E-state index contributed by atoms with van der Waals surface area (Å²) in [5, 5.41) is 0. The molecule has 3 nitrogen and oxygen atoms in total. The molecule has 120 valence electrons. The van der Waals surface area contributed by atoms with Crippen LogP contribution in [0.5, 0.6) is 5.75 Å². The molecule has 1 aliphatic carbocycles. The molecule has 3 rings (SSSR count). The summed E-state index contributed by atoms with van der Waals surface area (Å²) >= 11 is 0. The largest absolute Gasteiger partial charge is 0.479 e. The van der Waals surface area contributed by atoms with Gasteiger partial charge in [0.05, 0.1) is 0 Å². The molecule has 1 atom stereocenters. The van der Waals surface area contributed by atoms with Gasteiger partial charge in [-0.3, -0.25) is 0 Å². The van der Waals surface area contributed by atoms with Crippen molar-refractivity contribution in [3.8, 4) is 5.75 Å². The number of fused-ring (bicyclic) bond motifs is 1. The standard InChI is InChI=1S/C20H22O3/c1-15(20(21)22-14-16-7-3-2-4-8-16)23-19-12-11-17-9-5-6-10-18(17)13-19/h2-4,7-8,11-13,15H,5-6,9-10,14H2,1H3. The molecule has 0 saturated carbocycles. The van der Waals surface area contributed by atoms with Gasteiger partial charge in [-0.05, 0) is 61.4 Å². The molecule has 0 aliphatic heterocycles. The molecule has 1 unspecified atom stereocenters. The van der Waals surface area contributed by atoms with E-state index in [1.54, 1.807) is 6.92 Å². The lowest BCUT2D eigenvalue weighted by atomic mass is 9.92. The molecule has 3 heteroatoms. The maximum atomic E-state index is 12.1. The summed E-state index contributed by atoms with van der Waals surface area (Å²) in [5.74, 6) is 0.404. The van der Waals surface area contributed by atoms with Gasteiger partial charge in [0.15, 0.2) is 6.10 Å². The molecule has 2 aromatic rings. The molecule has 0 radical (unpaired) electrons. The molecule has 23 heavy (non-hydrogen) atoms. The first kappa shape index (κ1) is 15.6. The van der Waals surface area contributed by atoms with Gasteiger partial charge in [0, 0.05) is 0 Å². The van der Waals surface area contributed by atoms with Crippen LogP contribution >= 0.6 is 0 Å². The molecule has 0 spiro atoms. The lowest BCUT2D eigenvalue weighted by molar-refractivity contribution is -0.152. The van der Waals surface area contributed by atoms with Gasteiger partial charge >= 0.3 is 5.97 Å². The smallest absolute Gasteiger partial charge is 0.347 e. The lowest BCUT2D eigenvalue weighted by Gasteiger charge is -2.18.